The van der Waals surface area contributed by atoms with Gasteiger partial charge in [0.05, 0.1) is 24.3 Å². The molecule has 0 radical (unpaired) electrons. The van der Waals surface area contributed by atoms with Crippen LogP contribution < -0.4 is 0 Å². The first-order valence-corrected chi connectivity index (χ1v) is 3.75. The van der Waals surface area contributed by atoms with Crippen molar-refractivity contribution in [3.05, 3.63) is 30.4 Å². The zero-order chi connectivity index (χ0) is 9.26. The predicted octanol–water partition coefficient (Wildman–Crippen LogP) is 0.356. The number of carboxylic acids is 1. The van der Waals surface area contributed by atoms with E-state index in [1.165, 1.54) is 0 Å². The van der Waals surface area contributed by atoms with Gasteiger partial charge in [-0.05, 0) is 0 Å². The van der Waals surface area contributed by atoms with Crippen LogP contribution in [0, 0.1) is 0 Å². The fraction of sp³-hybridized carbons (Fsp3) is 0.125. The summed E-state index contributed by atoms with van der Waals surface area (Å²) in [6.45, 7) is 0. The van der Waals surface area contributed by atoms with Crippen molar-refractivity contribution in [3.63, 3.8) is 0 Å². The van der Waals surface area contributed by atoms with E-state index in [1.54, 1.807) is 29.3 Å². The molecule has 0 fully saturated rings. The summed E-state index contributed by atoms with van der Waals surface area (Å²) in [6, 6.07) is 0. The monoisotopic (exact) mass is 177 g/mol. The quantitative estimate of drug-likeness (QED) is 0.719. The van der Waals surface area contributed by atoms with E-state index in [-0.39, 0.29) is 6.42 Å². The Morgan fingerprint density at radius 1 is 1.54 bits per heavy atom. The first kappa shape index (κ1) is 7.72. The molecule has 0 saturated heterocycles. The summed E-state index contributed by atoms with van der Waals surface area (Å²) < 4.78 is 1.60. The van der Waals surface area contributed by atoms with E-state index in [1.807, 2.05) is 0 Å². The second-order valence-electron chi connectivity index (χ2n) is 2.65. The minimum absolute atomic E-state index is 0.0187. The van der Waals surface area contributed by atoms with E-state index in [0.29, 0.717) is 5.56 Å². The molecule has 13 heavy (non-hydrogen) atoms. The molecule has 2 heterocycles. The van der Waals surface area contributed by atoms with Crippen LogP contribution >= 0.6 is 0 Å². The van der Waals surface area contributed by atoms with Crippen LogP contribution in [0.25, 0.3) is 5.52 Å². The van der Waals surface area contributed by atoms with Gasteiger partial charge in [-0.2, -0.15) is 5.10 Å². The molecule has 2 rings (SSSR count). The average Bonchev–Trinajstić information content (AvgIpc) is 2.48. The molecule has 2 aromatic rings. The molecular formula is C8H7N3O2. The zero-order valence-corrected chi connectivity index (χ0v) is 6.71. The largest absolute Gasteiger partial charge is 0.481 e. The number of carbonyl (C=O) groups is 1. The summed E-state index contributed by atoms with van der Waals surface area (Å²) in [4.78, 5) is 14.4. The number of fused-ring (bicyclic) bond motifs is 1. The van der Waals surface area contributed by atoms with Crippen molar-refractivity contribution in [2.45, 2.75) is 6.42 Å². The van der Waals surface area contributed by atoms with Gasteiger partial charge in [-0.25, -0.2) is 4.52 Å². The lowest BCUT2D eigenvalue weighted by molar-refractivity contribution is -0.136. The normalized spacial score (nSPS) is 10.5. The van der Waals surface area contributed by atoms with E-state index in [2.05, 4.69) is 10.1 Å². The number of aliphatic carboxylic acids is 1. The van der Waals surface area contributed by atoms with Crippen LogP contribution in [0.15, 0.2) is 24.8 Å². The molecule has 2 aromatic heterocycles. The van der Waals surface area contributed by atoms with Crippen LogP contribution in [-0.4, -0.2) is 25.7 Å². The van der Waals surface area contributed by atoms with Crippen LogP contribution in [0.1, 0.15) is 5.56 Å². The van der Waals surface area contributed by atoms with E-state index in [9.17, 15) is 4.79 Å². The molecule has 0 bridgehead atoms. The highest BCUT2D eigenvalue weighted by atomic mass is 16.4. The van der Waals surface area contributed by atoms with E-state index in [4.69, 9.17) is 5.11 Å². The van der Waals surface area contributed by atoms with Gasteiger partial charge >= 0.3 is 5.97 Å². The van der Waals surface area contributed by atoms with Crippen molar-refractivity contribution in [1.29, 1.82) is 0 Å². The Hall–Kier alpha value is -1.91. The third-order valence-corrected chi connectivity index (χ3v) is 1.75. The van der Waals surface area contributed by atoms with Crippen molar-refractivity contribution in [2.24, 2.45) is 0 Å². The lowest BCUT2D eigenvalue weighted by atomic mass is 10.2. The summed E-state index contributed by atoms with van der Waals surface area (Å²) in [5.74, 6) is -0.862. The zero-order valence-electron chi connectivity index (χ0n) is 6.71. The maximum absolute atomic E-state index is 10.5. The number of hydrogen-bond acceptors (Lipinski definition) is 3. The smallest absolute Gasteiger partial charge is 0.307 e. The Morgan fingerprint density at radius 2 is 2.38 bits per heavy atom. The third kappa shape index (κ3) is 1.35. The molecule has 0 aliphatic carbocycles. The van der Waals surface area contributed by atoms with Crippen molar-refractivity contribution in [3.8, 4) is 0 Å². The summed E-state index contributed by atoms with van der Waals surface area (Å²) >= 11 is 0. The summed E-state index contributed by atoms with van der Waals surface area (Å²) in [5, 5.41) is 12.6. The second kappa shape index (κ2) is 2.85. The van der Waals surface area contributed by atoms with Gasteiger partial charge in [0.15, 0.2) is 0 Å². The number of aromatic nitrogens is 3. The summed E-state index contributed by atoms with van der Waals surface area (Å²) in [7, 11) is 0. The van der Waals surface area contributed by atoms with Gasteiger partial charge < -0.3 is 5.11 Å². The first-order chi connectivity index (χ1) is 6.27. The Balaban J connectivity index is 2.51. The van der Waals surface area contributed by atoms with Crippen molar-refractivity contribution < 1.29 is 9.90 Å². The Bertz CT molecular complexity index is 449. The standard InChI is InChI=1S/C8H7N3O2/c12-8(13)3-6-4-10-11-2-1-9-5-7(6)11/h1-2,4-5H,3H2,(H,12,13). The third-order valence-electron chi connectivity index (χ3n) is 1.75. The van der Waals surface area contributed by atoms with Crippen LogP contribution in [0.5, 0.6) is 0 Å². The van der Waals surface area contributed by atoms with E-state index >= 15 is 0 Å². The fourth-order valence-corrected chi connectivity index (χ4v) is 1.18. The van der Waals surface area contributed by atoms with Gasteiger partial charge in [0, 0.05) is 18.0 Å². The van der Waals surface area contributed by atoms with Gasteiger partial charge in [0.2, 0.25) is 0 Å². The minimum atomic E-state index is -0.862. The second-order valence-corrected chi connectivity index (χ2v) is 2.65. The van der Waals surface area contributed by atoms with Gasteiger partial charge in [-0.1, -0.05) is 0 Å². The van der Waals surface area contributed by atoms with Crippen LogP contribution in [-0.2, 0) is 11.2 Å². The van der Waals surface area contributed by atoms with Gasteiger partial charge in [-0.3, -0.25) is 9.78 Å². The Morgan fingerprint density at radius 3 is 3.15 bits per heavy atom. The minimum Gasteiger partial charge on any atom is -0.481 e. The van der Waals surface area contributed by atoms with Crippen molar-refractivity contribution in [2.75, 3.05) is 0 Å². The topological polar surface area (TPSA) is 67.5 Å². The molecule has 0 aliphatic heterocycles. The number of nitrogens with zero attached hydrogens (tertiary/aromatic N) is 3. The maximum Gasteiger partial charge on any atom is 0.307 e. The average molecular weight is 177 g/mol. The molecule has 0 saturated carbocycles. The highest BCUT2D eigenvalue weighted by Crippen LogP contribution is 2.08. The Kier molecular flexibility index (Phi) is 1.70. The number of rotatable bonds is 2. The van der Waals surface area contributed by atoms with Gasteiger partial charge in [0.1, 0.15) is 0 Å². The molecule has 1 N–H and O–H groups in total. The highest BCUT2D eigenvalue weighted by Gasteiger charge is 2.06. The molecule has 0 atom stereocenters. The maximum atomic E-state index is 10.5. The first-order valence-electron chi connectivity index (χ1n) is 3.75. The molecule has 0 aromatic carbocycles. The lowest BCUT2D eigenvalue weighted by Gasteiger charge is -1.92. The lowest BCUT2D eigenvalue weighted by Crippen LogP contribution is -1.99. The summed E-state index contributed by atoms with van der Waals surface area (Å²) in [6.07, 6.45) is 6.41. The number of hydrogen-bond donors (Lipinski definition) is 1. The fourth-order valence-electron chi connectivity index (χ4n) is 1.18. The molecule has 0 amide bonds. The molecule has 0 spiro atoms. The molecule has 0 aliphatic rings. The SMILES string of the molecule is O=C(O)Cc1cnn2ccncc12. The van der Waals surface area contributed by atoms with Crippen LogP contribution in [0.3, 0.4) is 0 Å². The molecular weight excluding hydrogens is 170 g/mol. The predicted molar refractivity (Wildman–Crippen MR) is 44.3 cm³/mol. The van der Waals surface area contributed by atoms with Gasteiger partial charge in [0.25, 0.3) is 0 Å². The Labute approximate surface area is 73.6 Å². The van der Waals surface area contributed by atoms with Gasteiger partial charge in [-0.15, -0.1) is 0 Å². The van der Waals surface area contributed by atoms with Crippen LogP contribution in [0.4, 0.5) is 0 Å². The molecule has 5 heteroatoms. The van der Waals surface area contributed by atoms with Crippen molar-refractivity contribution in [1.82, 2.24) is 14.6 Å². The highest BCUT2D eigenvalue weighted by molar-refractivity contribution is 5.73. The number of carboxylic acid groups (broad SMARTS) is 1. The molecule has 5 nitrogen and oxygen atoms in total. The van der Waals surface area contributed by atoms with Crippen LogP contribution in [0.2, 0.25) is 0 Å². The van der Waals surface area contributed by atoms with Crippen molar-refractivity contribution >= 4 is 11.5 Å². The molecule has 0 unspecified atom stereocenters. The summed E-state index contributed by atoms with van der Waals surface area (Å²) in [5.41, 5.74) is 1.42. The van der Waals surface area contributed by atoms with E-state index < -0.39 is 5.97 Å². The van der Waals surface area contributed by atoms with E-state index in [0.717, 1.165) is 5.52 Å². The molecule has 66 valence electrons.